The van der Waals surface area contributed by atoms with E-state index in [1.54, 1.807) is 0 Å². The minimum absolute atomic E-state index is 0.137. The van der Waals surface area contributed by atoms with Crippen LogP contribution in [0.3, 0.4) is 0 Å². The van der Waals surface area contributed by atoms with Gasteiger partial charge in [0.1, 0.15) is 0 Å². The van der Waals surface area contributed by atoms with Gasteiger partial charge in [-0.3, -0.25) is 0 Å². The molecule has 1 N–H and O–H groups in total. The third kappa shape index (κ3) is 3.69. The van der Waals surface area contributed by atoms with Crippen molar-refractivity contribution >= 4 is 11.4 Å². The zero-order chi connectivity index (χ0) is 31.3. The Morgan fingerprint density at radius 1 is 0.413 bits per heavy atom. The van der Waals surface area contributed by atoms with Crippen molar-refractivity contribution in [2.45, 2.75) is 56.8 Å². The quantitative estimate of drug-likeness (QED) is 0.215. The smallest absolute Gasteiger partial charge is 0.0726 e. The molecule has 0 fully saturated rings. The lowest BCUT2D eigenvalue weighted by molar-refractivity contribution is 0.332. The van der Waals surface area contributed by atoms with E-state index < -0.39 is 0 Å². The molecule has 0 atom stereocenters. The predicted molar refractivity (Wildman–Crippen MR) is 193 cm³/mol. The highest BCUT2D eigenvalue weighted by Crippen LogP contribution is 2.63. The van der Waals surface area contributed by atoms with E-state index in [1.807, 2.05) is 0 Å². The summed E-state index contributed by atoms with van der Waals surface area (Å²) in [7, 11) is 0. The number of rotatable bonds is 3. The summed E-state index contributed by atoms with van der Waals surface area (Å²) in [5.41, 5.74) is 18.5. The maximum absolute atomic E-state index is 3.90. The predicted octanol–water partition coefficient (Wildman–Crippen LogP) is 11.8. The highest BCUT2D eigenvalue weighted by molar-refractivity contribution is 5.98. The summed E-state index contributed by atoms with van der Waals surface area (Å²) >= 11 is 0. The fraction of sp³-hybridized carbons (Fsp3) is 0.200. The molecule has 6 aromatic rings. The van der Waals surface area contributed by atoms with E-state index in [-0.39, 0.29) is 16.2 Å². The highest BCUT2D eigenvalue weighted by Gasteiger charge is 2.51. The van der Waals surface area contributed by atoms with Gasteiger partial charge < -0.3 is 5.32 Å². The van der Waals surface area contributed by atoms with Gasteiger partial charge in [-0.25, -0.2) is 0 Å². The van der Waals surface area contributed by atoms with Crippen LogP contribution in [0, 0.1) is 0 Å². The normalized spacial score (nSPS) is 17.0. The molecule has 0 heterocycles. The summed E-state index contributed by atoms with van der Waals surface area (Å²) in [5.74, 6) is 0. The van der Waals surface area contributed by atoms with Gasteiger partial charge in [0.25, 0.3) is 0 Å². The lowest BCUT2D eigenvalue weighted by atomic mass is 9.63. The SMILES string of the molecule is CC1(C)CCC(C)(C)c2cc(-c3cc4c(cc3Nc3ccccc3)C3(c5ccccc5-c5ccccc53)c3ccccc3-4)ccc21. The largest absolute Gasteiger partial charge is 0.355 e. The Hall–Kier alpha value is -4.88. The van der Waals surface area contributed by atoms with E-state index in [0.29, 0.717) is 0 Å². The maximum atomic E-state index is 3.90. The van der Waals surface area contributed by atoms with Gasteiger partial charge in [0.15, 0.2) is 0 Å². The fourth-order valence-corrected chi connectivity index (χ4v) is 8.91. The second-order valence-electron chi connectivity index (χ2n) is 14.8. The number of benzene rings is 6. The van der Waals surface area contributed by atoms with Crippen molar-refractivity contribution in [2.75, 3.05) is 5.32 Å². The first-order valence-corrected chi connectivity index (χ1v) is 16.7. The molecule has 46 heavy (non-hydrogen) atoms. The molecule has 6 aromatic carbocycles. The van der Waals surface area contributed by atoms with E-state index >= 15 is 0 Å². The Bertz CT molecular complexity index is 2140. The van der Waals surface area contributed by atoms with Gasteiger partial charge in [0, 0.05) is 16.9 Å². The molecule has 1 nitrogen and oxygen atoms in total. The summed E-state index contributed by atoms with van der Waals surface area (Å²) < 4.78 is 0. The van der Waals surface area contributed by atoms with Gasteiger partial charge in [-0.2, -0.15) is 0 Å². The molecule has 0 aromatic heterocycles. The molecule has 0 bridgehead atoms. The maximum Gasteiger partial charge on any atom is 0.0726 e. The highest BCUT2D eigenvalue weighted by atomic mass is 14.9. The summed E-state index contributed by atoms with van der Waals surface area (Å²) in [5, 5.41) is 3.90. The van der Waals surface area contributed by atoms with Gasteiger partial charge in [0.05, 0.1) is 5.41 Å². The molecule has 3 aliphatic carbocycles. The third-order valence-corrected chi connectivity index (χ3v) is 11.4. The van der Waals surface area contributed by atoms with Crippen molar-refractivity contribution in [3.8, 4) is 33.4 Å². The standard InChI is InChI=1S/C45H39N/c1-43(2)24-25-44(3,4)41-26-29(22-23-39(41)43)34-27-35-33-18-10-13-21-38(33)45(40(35)28-42(34)46-30-14-6-5-7-15-30)36-19-11-8-16-31(36)32-17-9-12-20-37(32)45/h5-23,26-28,46H,24-25H2,1-4H3. The molecule has 1 spiro atoms. The first-order chi connectivity index (χ1) is 22.3. The van der Waals surface area contributed by atoms with Crippen molar-refractivity contribution in [1.82, 2.24) is 0 Å². The second-order valence-corrected chi connectivity index (χ2v) is 14.8. The summed E-state index contributed by atoms with van der Waals surface area (Å²) in [6, 6.07) is 50.1. The van der Waals surface area contributed by atoms with Crippen molar-refractivity contribution < 1.29 is 0 Å². The van der Waals surface area contributed by atoms with E-state index in [2.05, 4.69) is 166 Å². The van der Waals surface area contributed by atoms with Crippen LogP contribution in [0.15, 0.2) is 133 Å². The number of para-hydroxylation sites is 1. The molecule has 3 aliphatic rings. The van der Waals surface area contributed by atoms with Crippen LogP contribution in [-0.4, -0.2) is 0 Å². The van der Waals surface area contributed by atoms with E-state index in [9.17, 15) is 0 Å². The second kappa shape index (κ2) is 9.56. The molecule has 1 heteroatoms. The average Bonchev–Trinajstić information content (AvgIpc) is 3.54. The van der Waals surface area contributed by atoms with Crippen LogP contribution in [0.1, 0.15) is 73.9 Å². The minimum atomic E-state index is -0.368. The number of nitrogens with one attached hydrogen (secondary N) is 1. The lowest BCUT2D eigenvalue weighted by Crippen LogP contribution is -2.33. The first-order valence-electron chi connectivity index (χ1n) is 16.7. The fourth-order valence-electron chi connectivity index (χ4n) is 8.91. The Morgan fingerprint density at radius 3 is 1.54 bits per heavy atom. The minimum Gasteiger partial charge on any atom is -0.355 e. The molecule has 0 unspecified atom stereocenters. The van der Waals surface area contributed by atoms with Gasteiger partial charge in [0.2, 0.25) is 0 Å². The average molecular weight is 594 g/mol. The molecule has 0 radical (unpaired) electrons. The molecular formula is C45H39N. The van der Waals surface area contributed by atoms with Crippen LogP contribution in [-0.2, 0) is 16.2 Å². The van der Waals surface area contributed by atoms with Crippen molar-refractivity contribution in [2.24, 2.45) is 0 Å². The topological polar surface area (TPSA) is 12.0 Å². The van der Waals surface area contributed by atoms with Crippen LogP contribution in [0.2, 0.25) is 0 Å². The molecule has 0 aliphatic heterocycles. The number of hydrogen-bond donors (Lipinski definition) is 1. The van der Waals surface area contributed by atoms with E-state index in [1.165, 1.54) is 79.6 Å². The zero-order valence-electron chi connectivity index (χ0n) is 27.1. The van der Waals surface area contributed by atoms with Crippen molar-refractivity contribution in [1.29, 1.82) is 0 Å². The van der Waals surface area contributed by atoms with Crippen molar-refractivity contribution in [3.05, 3.63) is 167 Å². The molecule has 224 valence electrons. The number of anilines is 2. The van der Waals surface area contributed by atoms with Gasteiger partial charge >= 0.3 is 0 Å². The summed E-state index contributed by atoms with van der Waals surface area (Å²) in [6.45, 7) is 9.66. The molecule has 0 amide bonds. The zero-order valence-corrected chi connectivity index (χ0v) is 27.1. The summed E-state index contributed by atoms with van der Waals surface area (Å²) in [4.78, 5) is 0. The van der Waals surface area contributed by atoms with Gasteiger partial charge in [-0.05, 0) is 109 Å². The van der Waals surface area contributed by atoms with E-state index in [4.69, 9.17) is 0 Å². The Morgan fingerprint density at radius 2 is 0.935 bits per heavy atom. The number of hydrogen-bond acceptors (Lipinski definition) is 1. The van der Waals surface area contributed by atoms with E-state index in [0.717, 1.165) is 11.4 Å². The Labute approximate surface area is 273 Å². The van der Waals surface area contributed by atoms with Crippen molar-refractivity contribution in [3.63, 3.8) is 0 Å². The third-order valence-electron chi connectivity index (χ3n) is 11.4. The molecular weight excluding hydrogens is 555 g/mol. The van der Waals surface area contributed by atoms with Crippen LogP contribution in [0.4, 0.5) is 11.4 Å². The van der Waals surface area contributed by atoms with Crippen LogP contribution in [0.5, 0.6) is 0 Å². The lowest BCUT2D eigenvalue weighted by Gasteiger charge is -2.42. The molecule has 0 saturated heterocycles. The Kier molecular flexibility index (Phi) is 5.70. The first kappa shape index (κ1) is 27.4. The molecule has 0 saturated carbocycles. The Balaban J connectivity index is 1.35. The summed E-state index contributed by atoms with van der Waals surface area (Å²) in [6.07, 6.45) is 2.41. The van der Waals surface area contributed by atoms with Crippen LogP contribution in [0.25, 0.3) is 33.4 Å². The molecule has 9 rings (SSSR count). The number of fused-ring (bicyclic) bond motifs is 11. The monoisotopic (exact) mass is 593 g/mol. The van der Waals surface area contributed by atoms with Gasteiger partial charge in [-0.1, -0.05) is 137 Å². The van der Waals surface area contributed by atoms with Gasteiger partial charge in [-0.15, -0.1) is 0 Å². The van der Waals surface area contributed by atoms with Crippen LogP contribution < -0.4 is 5.32 Å². The van der Waals surface area contributed by atoms with Crippen LogP contribution >= 0.6 is 0 Å².